The number of hydrogen-bond acceptors (Lipinski definition) is 6. The smallest absolute Gasteiger partial charge is 0.270 e. The lowest BCUT2D eigenvalue weighted by Crippen LogP contribution is -2.44. The fourth-order valence-corrected chi connectivity index (χ4v) is 3.71. The Morgan fingerprint density at radius 2 is 2.08 bits per heavy atom. The lowest BCUT2D eigenvalue weighted by molar-refractivity contribution is 0.0947. The Kier molecular flexibility index (Phi) is 6.99. The normalized spacial score (nSPS) is 15.0. The van der Waals surface area contributed by atoms with Crippen LogP contribution in [0.25, 0.3) is 10.6 Å². The summed E-state index contributed by atoms with van der Waals surface area (Å²) in [7, 11) is 0. The van der Waals surface area contributed by atoms with E-state index in [1.54, 1.807) is 0 Å². The maximum absolute atomic E-state index is 12.3. The first-order valence-electron chi connectivity index (χ1n) is 9.16. The van der Waals surface area contributed by atoms with E-state index in [0.29, 0.717) is 18.8 Å². The molecule has 6 nitrogen and oxygen atoms in total. The number of carbonyl (C=O) groups excluding carboxylic acids is 1. The number of nitrogens with zero attached hydrogens (tertiary/aromatic N) is 2. The van der Waals surface area contributed by atoms with Crippen LogP contribution < -0.4 is 15.4 Å². The van der Waals surface area contributed by atoms with Crippen molar-refractivity contribution in [2.45, 2.75) is 13.3 Å². The minimum atomic E-state index is -0.0984. The Hall–Kier alpha value is -1.96. The second kappa shape index (κ2) is 9.66. The molecule has 1 aromatic heterocycles. The van der Waals surface area contributed by atoms with Crippen LogP contribution in [0.15, 0.2) is 29.6 Å². The fraction of sp³-hybridized carbons (Fsp3) is 0.474. The molecule has 1 saturated heterocycles. The van der Waals surface area contributed by atoms with Crippen LogP contribution in [-0.4, -0.2) is 61.7 Å². The van der Waals surface area contributed by atoms with E-state index < -0.39 is 0 Å². The van der Waals surface area contributed by atoms with Crippen molar-refractivity contribution in [3.05, 3.63) is 35.3 Å². The number of aromatic nitrogens is 1. The molecule has 2 N–H and O–H groups in total. The lowest BCUT2D eigenvalue weighted by atomic mass is 10.2. The molecule has 3 rings (SSSR count). The summed E-state index contributed by atoms with van der Waals surface area (Å²) in [6, 6.07) is 7.80. The molecular formula is C19H26N4O2S. The Balaban J connectivity index is 1.46. The fourth-order valence-electron chi connectivity index (χ4n) is 2.90. The third-order valence-corrected chi connectivity index (χ3v) is 5.19. The van der Waals surface area contributed by atoms with E-state index in [0.717, 1.165) is 55.5 Å². The first kappa shape index (κ1) is 18.8. The number of nitrogens with one attached hydrogen (secondary N) is 2. The Morgan fingerprint density at radius 3 is 2.81 bits per heavy atom. The van der Waals surface area contributed by atoms with Gasteiger partial charge in [-0.15, -0.1) is 11.3 Å². The molecule has 26 heavy (non-hydrogen) atoms. The molecule has 1 fully saturated rings. The molecule has 2 aromatic rings. The van der Waals surface area contributed by atoms with Gasteiger partial charge in [0.15, 0.2) is 0 Å². The molecular weight excluding hydrogens is 348 g/mol. The van der Waals surface area contributed by atoms with Gasteiger partial charge in [-0.25, -0.2) is 4.98 Å². The number of amides is 1. The van der Waals surface area contributed by atoms with Gasteiger partial charge in [-0.3, -0.25) is 4.79 Å². The Labute approximate surface area is 158 Å². The first-order valence-corrected chi connectivity index (χ1v) is 10.0. The zero-order valence-electron chi connectivity index (χ0n) is 15.2. The Morgan fingerprint density at radius 1 is 1.31 bits per heavy atom. The van der Waals surface area contributed by atoms with Gasteiger partial charge in [0, 0.05) is 43.7 Å². The van der Waals surface area contributed by atoms with E-state index in [-0.39, 0.29) is 5.91 Å². The van der Waals surface area contributed by atoms with Crippen molar-refractivity contribution < 1.29 is 9.53 Å². The molecule has 1 amide bonds. The predicted molar refractivity (Wildman–Crippen MR) is 105 cm³/mol. The number of ether oxygens (including phenoxy) is 1. The van der Waals surface area contributed by atoms with Crippen LogP contribution in [0.1, 0.15) is 23.8 Å². The molecule has 0 bridgehead atoms. The van der Waals surface area contributed by atoms with Crippen LogP contribution in [0.5, 0.6) is 5.75 Å². The molecule has 1 aliphatic rings. The van der Waals surface area contributed by atoms with Crippen molar-refractivity contribution in [2.24, 2.45) is 0 Å². The molecule has 0 atom stereocenters. The molecule has 2 heterocycles. The van der Waals surface area contributed by atoms with E-state index in [9.17, 15) is 4.79 Å². The molecule has 0 saturated carbocycles. The minimum Gasteiger partial charge on any atom is -0.494 e. The van der Waals surface area contributed by atoms with Crippen molar-refractivity contribution in [2.75, 3.05) is 45.9 Å². The van der Waals surface area contributed by atoms with Crippen molar-refractivity contribution in [3.8, 4) is 16.3 Å². The van der Waals surface area contributed by atoms with Crippen molar-refractivity contribution >= 4 is 17.2 Å². The molecule has 0 radical (unpaired) electrons. The van der Waals surface area contributed by atoms with Gasteiger partial charge in [0.2, 0.25) is 0 Å². The van der Waals surface area contributed by atoms with Crippen LogP contribution in [-0.2, 0) is 0 Å². The zero-order valence-corrected chi connectivity index (χ0v) is 16.0. The maximum atomic E-state index is 12.3. The van der Waals surface area contributed by atoms with Gasteiger partial charge >= 0.3 is 0 Å². The highest BCUT2D eigenvalue weighted by Crippen LogP contribution is 2.25. The second-order valence-electron chi connectivity index (χ2n) is 6.20. The molecule has 0 aliphatic carbocycles. The summed E-state index contributed by atoms with van der Waals surface area (Å²) in [5.41, 5.74) is 1.48. The zero-order chi connectivity index (χ0) is 18.2. The van der Waals surface area contributed by atoms with E-state index in [4.69, 9.17) is 4.74 Å². The number of hydrogen-bond donors (Lipinski definition) is 2. The standard InChI is InChI=1S/C19H26N4O2S/c1-2-25-16-6-4-15(5-7-16)19-22-17(14-26-19)18(24)21-8-3-11-23-12-9-20-10-13-23/h4-7,14,20H,2-3,8-13H2,1H3,(H,21,24). The van der Waals surface area contributed by atoms with Crippen LogP contribution in [0, 0.1) is 0 Å². The molecule has 7 heteroatoms. The largest absolute Gasteiger partial charge is 0.494 e. The van der Waals surface area contributed by atoms with E-state index in [1.807, 2.05) is 36.6 Å². The van der Waals surface area contributed by atoms with Crippen molar-refractivity contribution in [1.82, 2.24) is 20.5 Å². The van der Waals surface area contributed by atoms with Gasteiger partial charge in [-0.05, 0) is 44.2 Å². The summed E-state index contributed by atoms with van der Waals surface area (Å²) >= 11 is 1.48. The number of rotatable bonds is 8. The third kappa shape index (κ3) is 5.27. The molecule has 0 unspecified atom stereocenters. The van der Waals surface area contributed by atoms with Crippen LogP contribution >= 0.6 is 11.3 Å². The average molecular weight is 375 g/mol. The number of thiazole rings is 1. The summed E-state index contributed by atoms with van der Waals surface area (Å²) in [5, 5.41) is 8.98. The second-order valence-corrected chi connectivity index (χ2v) is 7.05. The number of piperazine rings is 1. The van der Waals surface area contributed by atoms with Crippen LogP contribution in [0.2, 0.25) is 0 Å². The molecule has 1 aliphatic heterocycles. The van der Waals surface area contributed by atoms with Gasteiger partial charge in [0.25, 0.3) is 5.91 Å². The summed E-state index contributed by atoms with van der Waals surface area (Å²) in [4.78, 5) is 19.2. The van der Waals surface area contributed by atoms with Crippen LogP contribution in [0.3, 0.4) is 0 Å². The highest BCUT2D eigenvalue weighted by molar-refractivity contribution is 7.13. The van der Waals surface area contributed by atoms with Crippen molar-refractivity contribution in [3.63, 3.8) is 0 Å². The Bertz CT molecular complexity index is 696. The van der Waals surface area contributed by atoms with Gasteiger partial charge in [-0.1, -0.05) is 0 Å². The summed E-state index contributed by atoms with van der Waals surface area (Å²) in [6.45, 7) is 8.60. The SMILES string of the molecule is CCOc1ccc(-c2nc(C(=O)NCCCN3CCNCC3)cs2)cc1. The molecule has 140 valence electrons. The number of carbonyl (C=O) groups is 1. The van der Waals surface area contributed by atoms with Gasteiger partial charge in [-0.2, -0.15) is 0 Å². The molecule has 0 spiro atoms. The minimum absolute atomic E-state index is 0.0984. The van der Waals surface area contributed by atoms with Gasteiger partial charge < -0.3 is 20.3 Å². The maximum Gasteiger partial charge on any atom is 0.270 e. The van der Waals surface area contributed by atoms with Gasteiger partial charge in [0.1, 0.15) is 16.5 Å². The topological polar surface area (TPSA) is 66.5 Å². The summed E-state index contributed by atoms with van der Waals surface area (Å²) < 4.78 is 5.45. The average Bonchev–Trinajstić information content (AvgIpc) is 3.17. The summed E-state index contributed by atoms with van der Waals surface area (Å²) in [6.07, 6.45) is 0.960. The van der Waals surface area contributed by atoms with Crippen LogP contribution in [0.4, 0.5) is 0 Å². The van der Waals surface area contributed by atoms with Gasteiger partial charge in [0.05, 0.1) is 6.61 Å². The monoisotopic (exact) mass is 374 g/mol. The highest BCUT2D eigenvalue weighted by Gasteiger charge is 2.12. The number of benzene rings is 1. The highest BCUT2D eigenvalue weighted by atomic mass is 32.1. The van der Waals surface area contributed by atoms with E-state index >= 15 is 0 Å². The lowest BCUT2D eigenvalue weighted by Gasteiger charge is -2.26. The van der Waals surface area contributed by atoms with E-state index in [1.165, 1.54) is 11.3 Å². The summed E-state index contributed by atoms with van der Waals surface area (Å²) in [5.74, 6) is 0.744. The third-order valence-electron chi connectivity index (χ3n) is 4.30. The quantitative estimate of drug-likeness (QED) is 0.694. The van der Waals surface area contributed by atoms with Crippen molar-refractivity contribution in [1.29, 1.82) is 0 Å². The van der Waals surface area contributed by atoms with E-state index in [2.05, 4.69) is 20.5 Å². The predicted octanol–water partition coefficient (Wildman–Crippen LogP) is 2.23. The molecule has 1 aromatic carbocycles. The first-order chi connectivity index (χ1) is 12.8.